The van der Waals surface area contributed by atoms with Gasteiger partial charge in [0.25, 0.3) is 5.91 Å². The second kappa shape index (κ2) is 4.44. The molecule has 1 aromatic heterocycles. The zero-order valence-electron chi connectivity index (χ0n) is 8.97. The molecule has 0 aromatic carbocycles. The Hall–Kier alpha value is -1.69. The number of carbonyl (C=O) groups is 1. The first kappa shape index (κ1) is 10.8. The molecule has 4 N–H and O–H groups in total. The summed E-state index contributed by atoms with van der Waals surface area (Å²) in [5, 5.41) is 7.76. The second-order valence-corrected chi connectivity index (χ2v) is 3.97. The molecule has 0 bridgehead atoms. The summed E-state index contributed by atoms with van der Waals surface area (Å²) in [6.07, 6.45) is 1.92. The Kier molecular flexibility index (Phi) is 3.00. The van der Waals surface area contributed by atoms with Gasteiger partial charge in [-0.2, -0.15) is 0 Å². The Balaban J connectivity index is 2.07. The van der Waals surface area contributed by atoms with Crippen molar-refractivity contribution in [1.29, 1.82) is 0 Å². The quantitative estimate of drug-likeness (QED) is 0.701. The minimum Gasteiger partial charge on any atom is -0.364 e. The lowest BCUT2D eigenvalue weighted by Gasteiger charge is -2.30. The molecule has 1 aromatic rings. The van der Waals surface area contributed by atoms with Crippen LogP contribution in [0.15, 0.2) is 12.1 Å². The third-order valence-corrected chi connectivity index (χ3v) is 2.77. The average molecular weight is 221 g/mol. The number of hydrogen-bond donors (Lipinski definition) is 2. The molecule has 0 unspecified atom stereocenters. The first-order valence-electron chi connectivity index (χ1n) is 5.31. The number of nitrogens with two attached hydrogens (primary N) is 2. The summed E-state index contributed by atoms with van der Waals surface area (Å²) in [7, 11) is 0. The highest BCUT2D eigenvalue weighted by Gasteiger charge is 2.17. The summed E-state index contributed by atoms with van der Waals surface area (Å²) >= 11 is 0. The third kappa shape index (κ3) is 2.27. The number of aromatic nitrogens is 2. The summed E-state index contributed by atoms with van der Waals surface area (Å²) in [5.41, 5.74) is 11.1. The normalized spacial score (nSPS) is 17.4. The highest BCUT2D eigenvalue weighted by atomic mass is 16.1. The molecule has 16 heavy (non-hydrogen) atoms. The molecule has 0 atom stereocenters. The largest absolute Gasteiger partial charge is 0.364 e. The molecule has 0 spiro atoms. The van der Waals surface area contributed by atoms with Crippen LogP contribution in [0, 0.1) is 0 Å². The van der Waals surface area contributed by atoms with Crippen molar-refractivity contribution in [3.8, 4) is 0 Å². The summed E-state index contributed by atoms with van der Waals surface area (Å²) in [4.78, 5) is 12.9. The van der Waals surface area contributed by atoms with Crippen LogP contribution < -0.4 is 16.4 Å². The molecule has 2 heterocycles. The average Bonchev–Trinajstić information content (AvgIpc) is 2.30. The van der Waals surface area contributed by atoms with Crippen molar-refractivity contribution in [2.75, 3.05) is 18.0 Å². The van der Waals surface area contributed by atoms with E-state index in [-0.39, 0.29) is 11.7 Å². The predicted molar refractivity (Wildman–Crippen MR) is 60.0 cm³/mol. The van der Waals surface area contributed by atoms with Gasteiger partial charge < -0.3 is 16.4 Å². The van der Waals surface area contributed by atoms with E-state index in [0.717, 1.165) is 31.7 Å². The monoisotopic (exact) mass is 221 g/mol. The van der Waals surface area contributed by atoms with Crippen molar-refractivity contribution >= 4 is 11.7 Å². The van der Waals surface area contributed by atoms with Gasteiger partial charge in [-0.15, -0.1) is 10.2 Å². The number of carbonyl (C=O) groups excluding carboxylic acids is 1. The number of hydrogen-bond acceptors (Lipinski definition) is 5. The van der Waals surface area contributed by atoms with Crippen LogP contribution in [0.25, 0.3) is 0 Å². The van der Waals surface area contributed by atoms with E-state index in [9.17, 15) is 4.79 Å². The molecule has 2 rings (SSSR count). The van der Waals surface area contributed by atoms with Crippen LogP contribution in [0.5, 0.6) is 0 Å². The van der Waals surface area contributed by atoms with E-state index >= 15 is 0 Å². The van der Waals surface area contributed by atoms with E-state index in [1.807, 2.05) is 0 Å². The van der Waals surface area contributed by atoms with Gasteiger partial charge >= 0.3 is 0 Å². The van der Waals surface area contributed by atoms with Crippen LogP contribution in [-0.4, -0.2) is 35.2 Å². The maximum Gasteiger partial charge on any atom is 0.269 e. The highest BCUT2D eigenvalue weighted by Crippen LogP contribution is 2.15. The van der Waals surface area contributed by atoms with Gasteiger partial charge in [-0.3, -0.25) is 4.79 Å². The number of amides is 1. The SMILES string of the molecule is NC(=O)c1ccc(N2CCC(N)CC2)nn1. The molecular weight excluding hydrogens is 206 g/mol. The zero-order valence-corrected chi connectivity index (χ0v) is 8.97. The van der Waals surface area contributed by atoms with E-state index in [0.29, 0.717) is 0 Å². The summed E-state index contributed by atoms with van der Waals surface area (Å²) in [6, 6.07) is 3.65. The number of piperidine rings is 1. The summed E-state index contributed by atoms with van der Waals surface area (Å²) in [5.74, 6) is 0.219. The van der Waals surface area contributed by atoms with Gasteiger partial charge in [0.05, 0.1) is 0 Å². The standard InChI is InChI=1S/C10H15N5O/c11-7-3-5-15(6-4-7)9-2-1-8(10(12)16)13-14-9/h1-2,7H,3-6,11H2,(H2,12,16). The van der Waals surface area contributed by atoms with Crippen LogP contribution >= 0.6 is 0 Å². The maximum atomic E-state index is 10.8. The highest BCUT2D eigenvalue weighted by molar-refractivity contribution is 5.90. The third-order valence-electron chi connectivity index (χ3n) is 2.77. The van der Waals surface area contributed by atoms with Crippen molar-refractivity contribution in [3.05, 3.63) is 17.8 Å². The predicted octanol–water partition coefficient (Wildman–Crippen LogP) is -0.497. The molecular formula is C10H15N5O. The fraction of sp³-hybridized carbons (Fsp3) is 0.500. The Bertz CT molecular complexity index is 369. The van der Waals surface area contributed by atoms with Crippen molar-refractivity contribution in [1.82, 2.24) is 10.2 Å². The van der Waals surface area contributed by atoms with Gasteiger partial charge in [0.15, 0.2) is 11.5 Å². The van der Waals surface area contributed by atoms with Gasteiger partial charge in [-0.05, 0) is 25.0 Å². The van der Waals surface area contributed by atoms with Gasteiger partial charge in [0.1, 0.15) is 0 Å². The molecule has 6 heteroatoms. The molecule has 0 aliphatic carbocycles. The number of rotatable bonds is 2. The second-order valence-electron chi connectivity index (χ2n) is 3.97. The van der Waals surface area contributed by atoms with Crippen LogP contribution in [0.1, 0.15) is 23.3 Å². The van der Waals surface area contributed by atoms with Crippen molar-refractivity contribution in [2.24, 2.45) is 11.5 Å². The van der Waals surface area contributed by atoms with Crippen molar-refractivity contribution in [3.63, 3.8) is 0 Å². The molecule has 6 nitrogen and oxygen atoms in total. The molecule has 1 fully saturated rings. The zero-order chi connectivity index (χ0) is 11.5. The van der Waals surface area contributed by atoms with Gasteiger partial charge in [-0.1, -0.05) is 0 Å². The maximum absolute atomic E-state index is 10.8. The lowest BCUT2D eigenvalue weighted by Crippen LogP contribution is -2.40. The fourth-order valence-corrected chi connectivity index (χ4v) is 1.75. The van der Waals surface area contributed by atoms with E-state index < -0.39 is 5.91 Å². The molecule has 86 valence electrons. The van der Waals surface area contributed by atoms with Crippen LogP contribution in [0.3, 0.4) is 0 Å². The van der Waals surface area contributed by atoms with Gasteiger partial charge in [0.2, 0.25) is 0 Å². The minimum atomic E-state index is -0.556. The Morgan fingerprint density at radius 1 is 1.31 bits per heavy atom. The molecule has 0 radical (unpaired) electrons. The first-order chi connectivity index (χ1) is 7.66. The molecule has 1 aliphatic rings. The van der Waals surface area contributed by atoms with Crippen molar-refractivity contribution < 1.29 is 4.79 Å². The van der Waals surface area contributed by atoms with Crippen LogP contribution in [0.2, 0.25) is 0 Å². The van der Waals surface area contributed by atoms with Gasteiger partial charge in [-0.25, -0.2) is 0 Å². The topological polar surface area (TPSA) is 98.1 Å². The Morgan fingerprint density at radius 3 is 2.50 bits per heavy atom. The number of anilines is 1. The summed E-state index contributed by atoms with van der Waals surface area (Å²) < 4.78 is 0. The van der Waals surface area contributed by atoms with Crippen molar-refractivity contribution in [2.45, 2.75) is 18.9 Å². The lowest BCUT2D eigenvalue weighted by molar-refractivity contribution is 0.0994. The minimum absolute atomic E-state index is 0.192. The lowest BCUT2D eigenvalue weighted by atomic mass is 10.1. The smallest absolute Gasteiger partial charge is 0.269 e. The summed E-state index contributed by atoms with van der Waals surface area (Å²) in [6.45, 7) is 1.76. The molecule has 1 aliphatic heterocycles. The van der Waals surface area contributed by atoms with Gasteiger partial charge in [0, 0.05) is 19.1 Å². The number of nitrogens with zero attached hydrogens (tertiary/aromatic N) is 3. The first-order valence-corrected chi connectivity index (χ1v) is 5.31. The fourth-order valence-electron chi connectivity index (χ4n) is 1.75. The van der Waals surface area contributed by atoms with E-state index in [4.69, 9.17) is 11.5 Å². The molecule has 1 saturated heterocycles. The molecule has 0 saturated carbocycles. The number of primary amides is 1. The Labute approximate surface area is 93.6 Å². The van der Waals surface area contributed by atoms with Crippen LogP contribution in [-0.2, 0) is 0 Å². The molecule has 1 amide bonds. The van der Waals surface area contributed by atoms with Crippen LogP contribution in [0.4, 0.5) is 5.82 Å². The Morgan fingerprint density at radius 2 is 2.00 bits per heavy atom. The van der Waals surface area contributed by atoms with E-state index in [1.54, 1.807) is 12.1 Å². The van der Waals surface area contributed by atoms with E-state index in [2.05, 4.69) is 15.1 Å². The van der Waals surface area contributed by atoms with E-state index in [1.165, 1.54) is 0 Å².